The fourth-order valence-corrected chi connectivity index (χ4v) is 4.07. The van der Waals surface area contributed by atoms with Crippen LogP contribution in [0.3, 0.4) is 0 Å². The van der Waals surface area contributed by atoms with Gasteiger partial charge in [0.15, 0.2) is 0 Å². The lowest BCUT2D eigenvalue weighted by atomic mass is 9.92. The quantitative estimate of drug-likeness (QED) is 0.775. The van der Waals surface area contributed by atoms with Crippen molar-refractivity contribution in [3.8, 4) is 0 Å². The molecule has 4 rings (SSSR count). The first-order valence-corrected chi connectivity index (χ1v) is 9.45. The number of likely N-dealkylation sites (tertiary alicyclic amines) is 1. The van der Waals surface area contributed by atoms with Crippen molar-refractivity contribution in [1.29, 1.82) is 0 Å². The fraction of sp³-hybridized carbons (Fsp3) is 0.556. The largest absolute Gasteiger partial charge is 0.416 e. The van der Waals surface area contributed by atoms with Gasteiger partial charge in [0, 0.05) is 12.6 Å². The Hall–Kier alpha value is -2.69. The van der Waals surface area contributed by atoms with Crippen molar-refractivity contribution in [2.24, 2.45) is 5.41 Å². The average Bonchev–Trinajstić information content (AvgIpc) is 3.15. The van der Waals surface area contributed by atoms with Gasteiger partial charge in [0.1, 0.15) is 6.54 Å². The Morgan fingerprint density at radius 1 is 1.31 bits per heavy atom. The molecular formula is C18H22F3N7O. The molecule has 1 aliphatic carbocycles. The number of halogens is 3. The highest BCUT2D eigenvalue weighted by Crippen LogP contribution is 2.54. The topological polar surface area (TPSA) is 102 Å². The predicted octanol–water partition coefficient (Wildman–Crippen LogP) is 1.45. The summed E-state index contributed by atoms with van der Waals surface area (Å²) < 4.78 is 39.9. The number of nitrogens with zero attached hydrogens (tertiary/aromatic N) is 5. The molecular weight excluding hydrogens is 387 g/mol. The van der Waals surface area contributed by atoms with Crippen LogP contribution in [-0.4, -0.2) is 50.1 Å². The van der Waals surface area contributed by atoms with E-state index in [9.17, 15) is 18.0 Å². The number of hydrogen-bond donors (Lipinski definition) is 2. The van der Waals surface area contributed by atoms with Crippen molar-refractivity contribution in [3.63, 3.8) is 0 Å². The third-order valence-electron chi connectivity index (χ3n) is 5.89. The van der Waals surface area contributed by atoms with E-state index in [1.165, 1.54) is 16.8 Å². The van der Waals surface area contributed by atoms with E-state index in [-0.39, 0.29) is 29.9 Å². The van der Waals surface area contributed by atoms with E-state index in [4.69, 9.17) is 5.73 Å². The van der Waals surface area contributed by atoms with Crippen LogP contribution < -0.4 is 11.1 Å². The molecule has 1 aromatic heterocycles. The van der Waals surface area contributed by atoms with E-state index in [1.54, 1.807) is 6.07 Å². The minimum absolute atomic E-state index is 0.0207. The molecule has 8 nitrogen and oxygen atoms in total. The van der Waals surface area contributed by atoms with Crippen LogP contribution in [0.15, 0.2) is 24.3 Å². The lowest BCUT2D eigenvalue weighted by Gasteiger charge is -2.33. The molecule has 1 aliphatic heterocycles. The zero-order valence-corrected chi connectivity index (χ0v) is 15.7. The fourth-order valence-electron chi connectivity index (χ4n) is 4.07. The maximum absolute atomic E-state index is 12.9. The summed E-state index contributed by atoms with van der Waals surface area (Å²) in [6, 6.07) is 5.60. The number of nitrogens with two attached hydrogens (primary N) is 1. The number of aromatic nitrogens is 4. The van der Waals surface area contributed by atoms with Gasteiger partial charge in [-0.3, -0.25) is 9.69 Å². The van der Waals surface area contributed by atoms with Crippen LogP contribution in [0.2, 0.25) is 0 Å². The standard InChI is InChI=1S/C18H22F3N7O/c19-18(20,21)13-3-1-2-12(8-13)10-27-6-4-17(5-7-27)9-14(17)23-15(29)11-28-16(22)24-25-26-28/h1-3,8,14H,4-7,9-11H2,(H,23,29)(H2,22,24,26). The minimum atomic E-state index is -4.33. The number of piperidine rings is 1. The van der Waals surface area contributed by atoms with Gasteiger partial charge in [0.2, 0.25) is 11.9 Å². The second kappa shape index (κ2) is 7.29. The number of carbonyl (C=O) groups excluding carboxylic acids is 1. The molecule has 1 saturated carbocycles. The van der Waals surface area contributed by atoms with Gasteiger partial charge in [-0.05, 0) is 59.8 Å². The molecule has 1 atom stereocenters. The van der Waals surface area contributed by atoms with Crippen LogP contribution in [0.25, 0.3) is 0 Å². The van der Waals surface area contributed by atoms with Gasteiger partial charge in [-0.15, -0.1) is 0 Å². The number of carbonyl (C=O) groups is 1. The molecule has 2 heterocycles. The van der Waals surface area contributed by atoms with Crippen molar-refractivity contribution >= 4 is 11.9 Å². The highest BCUT2D eigenvalue weighted by atomic mass is 19.4. The number of rotatable bonds is 5. The van der Waals surface area contributed by atoms with Crippen LogP contribution in [0.1, 0.15) is 30.4 Å². The Labute approximate surface area is 165 Å². The molecule has 29 heavy (non-hydrogen) atoms. The van der Waals surface area contributed by atoms with Gasteiger partial charge < -0.3 is 11.1 Å². The van der Waals surface area contributed by atoms with Crippen LogP contribution >= 0.6 is 0 Å². The minimum Gasteiger partial charge on any atom is -0.367 e. The molecule has 2 aromatic rings. The average molecular weight is 409 g/mol. The normalized spacial score (nSPS) is 21.3. The van der Waals surface area contributed by atoms with Gasteiger partial charge in [0.05, 0.1) is 5.56 Å². The summed E-state index contributed by atoms with van der Waals surface area (Å²) in [6.45, 7) is 2.06. The van der Waals surface area contributed by atoms with E-state index >= 15 is 0 Å². The molecule has 0 radical (unpaired) electrons. The first-order valence-electron chi connectivity index (χ1n) is 9.45. The second-order valence-corrected chi connectivity index (χ2v) is 7.86. The first kappa shape index (κ1) is 19.6. The lowest BCUT2D eigenvalue weighted by Crippen LogP contribution is -2.39. The summed E-state index contributed by atoms with van der Waals surface area (Å²) in [4.78, 5) is 14.3. The number of anilines is 1. The van der Waals surface area contributed by atoms with Crippen LogP contribution in [0.4, 0.5) is 19.1 Å². The SMILES string of the molecule is Nc1nnnn1CC(=O)NC1CC12CCN(Cc1cccc(C(F)(F)F)c1)CC2. The highest BCUT2D eigenvalue weighted by molar-refractivity contribution is 5.76. The van der Waals surface area contributed by atoms with E-state index in [0.717, 1.165) is 38.4 Å². The number of hydrogen-bond acceptors (Lipinski definition) is 6. The molecule has 1 saturated heterocycles. The number of nitrogen functional groups attached to an aromatic ring is 1. The van der Waals surface area contributed by atoms with Crippen LogP contribution in [-0.2, 0) is 24.1 Å². The van der Waals surface area contributed by atoms with Crippen LogP contribution in [0, 0.1) is 5.41 Å². The van der Waals surface area contributed by atoms with Crippen LogP contribution in [0.5, 0.6) is 0 Å². The number of amides is 1. The van der Waals surface area contributed by atoms with Crippen molar-refractivity contribution in [2.45, 2.75) is 44.6 Å². The van der Waals surface area contributed by atoms with E-state index in [1.807, 2.05) is 0 Å². The Bertz CT molecular complexity index is 890. The second-order valence-electron chi connectivity index (χ2n) is 7.86. The summed E-state index contributed by atoms with van der Waals surface area (Å²) >= 11 is 0. The number of benzene rings is 1. The molecule has 156 valence electrons. The molecule has 11 heteroatoms. The van der Waals surface area contributed by atoms with E-state index in [2.05, 4.69) is 25.7 Å². The monoisotopic (exact) mass is 409 g/mol. The van der Waals surface area contributed by atoms with Gasteiger partial charge in [-0.2, -0.15) is 13.2 Å². The lowest BCUT2D eigenvalue weighted by molar-refractivity contribution is -0.137. The van der Waals surface area contributed by atoms with Gasteiger partial charge in [-0.25, -0.2) is 4.68 Å². The number of nitrogens with one attached hydrogen (secondary N) is 1. The molecule has 2 aliphatic rings. The molecule has 1 aromatic carbocycles. The van der Waals surface area contributed by atoms with E-state index in [0.29, 0.717) is 12.1 Å². The summed E-state index contributed by atoms with van der Waals surface area (Å²) in [6.07, 6.45) is -1.59. The maximum atomic E-state index is 12.9. The molecule has 1 spiro atoms. The zero-order valence-electron chi connectivity index (χ0n) is 15.7. The molecule has 3 N–H and O–H groups in total. The Morgan fingerprint density at radius 2 is 2.07 bits per heavy atom. The Morgan fingerprint density at radius 3 is 2.72 bits per heavy atom. The molecule has 2 fully saturated rings. The molecule has 1 amide bonds. The van der Waals surface area contributed by atoms with Crippen molar-refractivity contribution in [1.82, 2.24) is 30.4 Å². The van der Waals surface area contributed by atoms with Gasteiger partial charge >= 0.3 is 6.18 Å². The smallest absolute Gasteiger partial charge is 0.367 e. The summed E-state index contributed by atoms with van der Waals surface area (Å²) in [5.74, 6) is -0.0918. The molecule has 0 bridgehead atoms. The Kier molecular flexibility index (Phi) is 4.93. The third-order valence-corrected chi connectivity index (χ3v) is 5.89. The zero-order chi connectivity index (χ0) is 20.6. The predicted molar refractivity (Wildman–Crippen MR) is 97.2 cm³/mol. The summed E-state index contributed by atoms with van der Waals surface area (Å²) in [5, 5.41) is 13.6. The molecule has 1 unspecified atom stereocenters. The van der Waals surface area contributed by atoms with E-state index < -0.39 is 11.7 Å². The first-order chi connectivity index (χ1) is 13.7. The third kappa shape index (κ3) is 4.34. The maximum Gasteiger partial charge on any atom is 0.416 e. The summed E-state index contributed by atoms with van der Waals surface area (Å²) in [5.41, 5.74) is 5.70. The number of tetrazole rings is 1. The number of alkyl halides is 3. The van der Waals surface area contributed by atoms with Crippen molar-refractivity contribution in [3.05, 3.63) is 35.4 Å². The van der Waals surface area contributed by atoms with Gasteiger partial charge in [0.25, 0.3) is 0 Å². The van der Waals surface area contributed by atoms with Crippen molar-refractivity contribution < 1.29 is 18.0 Å². The van der Waals surface area contributed by atoms with Crippen molar-refractivity contribution in [2.75, 3.05) is 18.8 Å². The highest BCUT2D eigenvalue weighted by Gasteiger charge is 2.55. The van der Waals surface area contributed by atoms with Gasteiger partial charge in [-0.1, -0.05) is 23.3 Å². The Balaban J connectivity index is 1.26. The summed E-state index contributed by atoms with van der Waals surface area (Å²) in [7, 11) is 0.